The number of benzene rings is 1. The van der Waals surface area contributed by atoms with Gasteiger partial charge in [0.05, 0.1) is 0 Å². The van der Waals surface area contributed by atoms with E-state index in [2.05, 4.69) is 11.9 Å². The topological polar surface area (TPSA) is 47.6 Å². The van der Waals surface area contributed by atoms with Crippen molar-refractivity contribution in [2.45, 2.75) is 18.9 Å². The molecule has 80 valence electrons. The third-order valence-corrected chi connectivity index (χ3v) is 2.96. The molecule has 2 N–H and O–H groups in total. The van der Waals surface area contributed by atoms with E-state index in [4.69, 9.17) is 22.1 Å². The highest BCUT2D eigenvalue weighted by Gasteiger charge is 2.36. The van der Waals surface area contributed by atoms with E-state index in [0.29, 0.717) is 11.6 Å². The molecule has 1 aromatic carbocycles. The van der Waals surface area contributed by atoms with Crippen molar-refractivity contribution in [3.05, 3.63) is 34.9 Å². The fourth-order valence-electron chi connectivity index (χ4n) is 1.78. The minimum absolute atomic E-state index is 0.261. The van der Waals surface area contributed by atoms with Gasteiger partial charge in [-0.15, -0.1) is 0 Å². The fourth-order valence-corrected chi connectivity index (χ4v) is 1.97. The summed E-state index contributed by atoms with van der Waals surface area (Å²) in [5, 5.41) is 0.709. The SMILES string of the molecule is CCC1(c2cccc(Cl)c2)COC(N)=N1. The lowest BCUT2D eigenvalue weighted by molar-refractivity contribution is 0.249. The number of nitrogens with two attached hydrogens (primary N) is 1. The molecule has 0 aliphatic carbocycles. The van der Waals surface area contributed by atoms with Gasteiger partial charge in [-0.25, -0.2) is 4.99 Å². The Kier molecular flexibility index (Phi) is 2.57. The Morgan fingerprint density at radius 2 is 2.40 bits per heavy atom. The first-order chi connectivity index (χ1) is 7.16. The van der Waals surface area contributed by atoms with Gasteiger partial charge in [-0.2, -0.15) is 0 Å². The Morgan fingerprint density at radius 1 is 1.60 bits per heavy atom. The van der Waals surface area contributed by atoms with Crippen LogP contribution >= 0.6 is 11.6 Å². The standard InChI is InChI=1S/C11H13ClN2O/c1-2-11(7-15-10(13)14-11)8-4-3-5-9(12)6-8/h3-6H,2,7H2,1H3,(H2,13,14). The molecule has 1 heterocycles. The van der Waals surface area contributed by atoms with E-state index >= 15 is 0 Å². The van der Waals surface area contributed by atoms with Crippen LogP contribution in [0.5, 0.6) is 0 Å². The second kappa shape index (κ2) is 3.74. The molecule has 0 aromatic heterocycles. The van der Waals surface area contributed by atoms with Crippen LogP contribution in [0.3, 0.4) is 0 Å². The third-order valence-electron chi connectivity index (χ3n) is 2.73. The van der Waals surface area contributed by atoms with Gasteiger partial charge in [0.15, 0.2) is 0 Å². The summed E-state index contributed by atoms with van der Waals surface area (Å²) in [5.74, 6) is 0. The minimum Gasteiger partial charge on any atom is -0.462 e. The maximum atomic E-state index is 5.96. The largest absolute Gasteiger partial charge is 0.462 e. The summed E-state index contributed by atoms with van der Waals surface area (Å²) in [6, 6.07) is 7.94. The molecule has 0 saturated carbocycles. The average Bonchev–Trinajstić information content (AvgIpc) is 2.61. The number of nitrogens with zero attached hydrogens (tertiary/aromatic N) is 1. The number of aliphatic imine (C=N–C) groups is 1. The first-order valence-corrected chi connectivity index (χ1v) is 5.28. The zero-order chi connectivity index (χ0) is 10.9. The number of halogens is 1. The van der Waals surface area contributed by atoms with Crippen molar-refractivity contribution in [1.29, 1.82) is 0 Å². The van der Waals surface area contributed by atoms with Gasteiger partial charge in [0.25, 0.3) is 6.02 Å². The van der Waals surface area contributed by atoms with E-state index < -0.39 is 0 Å². The molecule has 1 aliphatic heterocycles. The van der Waals surface area contributed by atoms with E-state index in [-0.39, 0.29) is 11.6 Å². The molecule has 1 aromatic rings. The number of rotatable bonds is 2. The molecule has 15 heavy (non-hydrogen) atoms. The van der Waals surface area contributed by atoms with Gasteiger partial charge < -0.3 is 10.5 Å². The van der Waals surface area contributed by atoms with Gasteiger partial charge in [-0.05, 0) is 24.1 Å². The number of amidine groups is 1. The quantitative estimate of drug-likeness (QED) is 0.838. The van der Waals surface area contributed by atoms with E-state index in [1.54, 1.807) is 0 Å². The summed E-state index contributed by atoms with van der Waals surface area (Å²) in [7, 11) is 0. The zero-order valence-corrected chi connectivity index (χ0v) is 9.29. The monoisotopic (exact) mass is 224 g/mol. The van der Waals surface area contributed by atoms with E-state index in [1.165, 1.54) is 0 Å². The Hall–Kier alpha value is -1.22. The van der Waals surface area contributed by atoms with Crippen molar-refractivity contribution < 1.29 is 4.74 Å². The molecule has 0 fully saturated rings. The average molecular weight is 225 g/mol. The zero-order valence-electron chi connectivity index (χ0n) is 8.53. The number of hydrogen-bond acceptors (Lipinski definition) is 3. The molecule has 1 aliphatic rings. The van der Waals surface area contributed by atoms with Crippen molar-refractivity contribution in [2.75, 3.05) is 6.61 Å². The molecule has 0 saturated heterocycles. The number of ether oxygens (including phenoxy) is 1. The molecule has 0 radical (unpaired) electrons. The molecular formula is C11H13ClN2O. The van der Waals surface area contributed by atoms with E-state index in [9.17, 15) is 0 Å². The lowest BCUT2D eigenvalue weighted by Crippen LogP contribution is -2.24. The summed E-state index contributed by atoms with van der Waals surface area (Å²) >= 11 is 5.96. The molecule has 1 unspecified atom stereocenters. The summed E-state index contributed by atoms with van der Waals surface area (Å²) in [5.41, 5.74) is 6.26. The van der Waals surface area contributed by atoms with Crippen LogP contribution in [-0.2, 0) is 10.3 Å². The predicted molar refractivity (Wildman–Crippen MR) is 61.0 cm³/mol. The molecule has 0 amide bonds. The third kappa shape index (κ3) is 1.79. The molecule has 1 atom stereocenters. The molecular weight excluding hydrogens is 212 g/mol. The Morgan fingerprint density at radius 3 is 2.93 bits per heavy atom. The number of hydrogen-bond donors (Lipinski definition) is 1. The summed E-state index contributed by atoms with van der Waals surface area (Å²) < 4.78 is 5.24. The van der Waals surface area contributed by atoms with Crippen LogP contribution in [0.4, 0.5) is 0 Å². The van der Waals surface area contributed by atoms with Crippen molar-refractivity contribution in [1.82, 2.24) is 0 Å². The smallest absolute Gasteiger partial charge is 0.283 e. The fraction of sp³-hybridized carbons (Fsp3) is 0.364. The Balaban J connectivity index is 2.43. The lowest BCUT2D eigenvalue weighted by Gasteiger charge is -2.22. The van der Waals surface area contributed by atoms with Crippen LogP contribution in [-0.4, -0.2) is 12.6 Å². The van der Waals surface area contributed by atoms with Crippen LogP contribution in [0, 0.1) is 0 Å². The molecule has 4 heteroatoms. The Labute approximate surface area is 93.9 Å². The minimum atomic E-state index is -0.352. The van der Waals surface area contributed by atoms with Gasteiger partial charge in [0.2, 0.25) is 0 Å². The van der Waals surface area contributed by atoms with Crippen LogP contribution in [0.2, 0.25) is 5.02 Å². The highest BCUT2D eigenvalue weighted by atomic mass is 35.5. The highest BCUT2D eigenvalue weighted by Crippen LogP contribution is 2.34. The van der Waals surface area contributed by atoms with Crippen LogP contribution in [0.1, 0.15) is 18.9 Å². The highest BCUT2D eigenvalue weighted by molar-refractivity contribution is 6.30. The molecule has 2 rings (SSSR count). The summed E-state index contributed by atoms with van der Waals surface area (Å²) in [4.78, 5) is 4.36. The molecule has 0 spiro atoms. The van der Waals surface area contributed by atoms with Crippen molar-refractivity contribution in [3.8, 4) is 0 Å². The predicted octanol–water partition coefficient (Wildman–Crippen LogP) is 2.29. The first-order valence-electron chi connectivity index (χ1n) is 4.90. The van der Waals surface area contributed by atoms with Crippen molar-refractivity contribution in [2.24, 2.45) is 10.7 Å². The van der Waals surface area contributed by atoms with Crippen LogP contribution in [0.15, 0.2) is 29.3 Å². The molecule has 3 nitrogen and oxygen atoms in total. The Bertz CT molecular complexity index is 405. The maximum Gasteiger partial charge on any atom is 0.283 e. The van der Waals surface area contributed by atoms with Gasteiger partial charge >= 0.3 is 0 Å². The van der Waals surface area contributed by atoms with Crippen molar-refractivity contribution in [3.63, 3.8) is 0 Å². The normalized spacial score (nSPS) is 24.8. The first kappa shape index (κ1) is 10.3. The van der Waals surface area contributed by atoms with Gasteiger partial charge in [-0.3, -0.25) is 0 Å². The summed E-state index contributed by atoms with van der Waals surface area (Å²) in [6.07, 6.45) is 0.841. The van der Waals surface area contributed by atoms with Crippen LogP contribution in [0.25, 0.3) is 0 Å². The van der Waals surface area contributed by atoms with Crippen molar-refractivity contribution >= 4 is 17.6 Å². The summed E-state index contributed by atoms with van der Waals surface area (Å²) in [6.45, 7) is 2.56. The van der Waals surface area contributed by atoms with Crippen LogP contribution < -0.4 is 5.73 Å². The molecule has 0 bridgehead atoms. The lowest BCUT2D eigenvalue weighted by atomic mass is 9.89. The second-order valence-electron chi connectivity index (χ2n) is 3.63. The maximum absolute atomic E-state index is 5.96. The van der Waals surface area contributed by atoms with Gasteiger partial charge in [-0.1, -0.05) is 30.7 Å². The van der Waals surface area contributed by atoms with Gasteiger partial charge in [0.1, 0.15) is 12.1 Å². The van der Waals surface area contributed by atoms with E-state index in [0.717, 1.165) is 12.0 Å². The second-order valence-corrected chi connectivity index (χ2v) is 4.07. The van der Waals surface area contributed by atoms with Gasteiger partial charge in [0, 0.05) is 5.02 Å². The van der Waals surface area contributed by atoms with E-state index in [1.807, 2.05) is 24.3 Å².